The summed E-state index contributed by atoms with van der Waals surface area (Å²) >= 11 is 5.06. The number of anilines is 1. The quantitative estimate of drug-likeness (QED) is 0.546. The first kappa shape index (κ1) is 13.5. The van der Waals surface area contributed by atoms with Crippen molar-refractivity contribution >= 4 is 23.0 Å². The van der Waals surface area contributed by atoms with E-state index in [1.54, 1.807) is 25.3 Å². The molecule has 0 fully saturated rings. The van der Waals surface area contributed by atoms with Gasteiger partial charge in [-0.15, -0.1) is 0 Å². The summed E-state index contributed by atoms with van der Waals surface area (Å²) in [7, 11) is 3.12. The van der Waals surface area contributed by atoms with Crippen LogP contribution in [0.4, 0.5) is 5.69 Å². The van der Waals surface area contributed by atoms with Crippen LogP contribution in [-0.4, -0.2) is 37.6 Å². The molecule has 0 atom stereocenters. The normalized spacial score (nSPS) is 9.76. The predicted molar refractivity (Wildman–Crippen MR) is 70.8 cm³/mol. The number of ether oxygens (including phenoxy) is 2. The van der Waals surface area contributed by atoms with Gasteiger partial charge in [0.05, 0.1) is 13.7 Å². The van der Waals surface area contributed by atoms with E-state index in [2.05, 4.69) is 10.6 Å². The van der Waals surface area contributed by atoms with Crippen molar-refractivity contribution in [2.45, 2.75) is 0 Å². The van der Waals surface area contributed by atoms with Gasteiger partial charge in [-0.2, -0.15) is 0 Å². The van der Waals surface area contributed by atoms with Gasteiger partial charge in [0.1, 0.15) is 0 Å². The zero-order chi connectivity index (χ0) is 12.7. The molecule has 0 aliphatic heterocycles. The highest BCUT2D eigenvalue weighted by atomic mass is 32.1. The predicted octanol–water partition coefficient (Wildman–Crippen LogP) is 1.33. The van der Waals surface area contributed by atoms with Crippen molar-refractivity contribution < 1.29 is 14.6 Å². The second kappa shape index (κ2) is 6.93. The summed E-state index contributed by atoms with van der Waals surface area (Å²) in [5.74, 6) is 0.492. The zero-order valence-electron chi connectivity index (χ0n) is 9.82. The summed E-state index contributed by atoms with van der Waals surface area (Å²) in [6, 6.07) is 4.97. The van der Waals surface area contributed by atoms with E-state index in [9.17, 15) is 5.11 Å². The largest absolute Gasteiger partial charge is 0.504 e. The van der Waals surface area contributed by atoms with Crippen LogP contribution < -0.4 is 15.4 Å². The first-order valence-corrected chi connectivity index (χ1v) is 5.49. The Bertz CT molecular complexity index is 385. The number of thiocarbonyl (C=S) groups is 1. The number of aromatic hydroxyl groups is 1. The fourth-order valence-electron chi connectivity index (χ4n) is 1.21. The second-order valence-electron chi connectivity index (χ2n) is 3.26. The van der Waals surface area contributed by atoms with Gasteiger partial charge >= 0.3 is 0 Å². The van der Waals surface area contributed by atoms with Gasteiger partial charge in [0, 0.05) is 25.4 Å². The van der Waals surface area contributed by atoms with E-state index in [0.717, 1.165) is 0 Å². The Labute approximate surface area is 106 Å². The third kappa shape index (κ3) is 4.46. The van der Waals surface area contributed by atoms with Gasteiger partial charge in [-0.3, -0.25) is 0 Å². The van der Waals surface area contributed by atoms with Crippen LogP contribution in [0.25, 0.3) is 0 Å². The maximum Gasteiger partial charge on any atom is 0.170 e. The lowest BCUT2D eigenvalue weighted by molar-refractivity contribution is 0.204. The maximum atomic E-state index is 9.57. The fourth-order valence-corrected chi connectivity index (χ4v) is 1.43. The molecule has 0 unspecified atom stereocenters. The van der Waals surface area contributed by atoms with E-state index in [0.29, 0.717) is 29.7 Å². The molecule has 5 nitrogen and oxygen atoms in total. The van der Waals surface area contributed by atoms with Gasteiger partial charge in [-0.1, -0.05) is 0 Å². The van der Waals surface area contributed by atoms with Crippen LogP contribution in [0.2, 0.25) is 0 Å². The molecule has 1 aromatic rings. The van der Waals surface area contributed by atoms with Crippen molar-refractivity contribution in [3.8, 4) is 11.5 Å². The highest BCUT2D eigenvalue weighted by molar-refractivity contribution is 7.80. The number of hydrogen-bond donors (Lipinski definition) is 3. The number of nitrogens with one attached hydrogen (secondary N) is 2. The molecule has 0 heterocycles. The number of benzene rings is 1. The van der Waals surface area contributed by atoms with E-state index < -0.39 is 0 Å². The van der Waals surface area contributed by atoms with Crippen LogP contribution in [0.1, 0.15) is 0 Å². The molecule has 1 aromatic carbocycles. The molecule has 0 aliphatic carbocycles. The molecule has 0 bridgehead atoms. The highest BCUT2D eigenvalue weighted by Gasteiger charge is 2.03. The highest BCUT2D eigenvalue weighted by Crippen LogP contribution is 2.28. The first-order valence-electron chi connectivity index (χ1n) is 5.08. The standard InChI is InChI=1S/C11H16N2O3S/c1-15-6-5-12-11(17)13-8-3-4-10(16-2)9(14)7-8/h3-4,7,14H,5-6H2,1-2H3,(H2,12,13,17). The topological polar surface area (TPSA) is 62.8 Å². The third-order valence-corrected chi connectivity index (χ3v) is 2.27. The molecule has 0 spiro atoms. The number of methoxy groups -OCH3 is 2. The van der Waals surface area contributed by atoms with Crippen molar-refractivity contribution in [2.24, 2.45) is 0 Å². The van der Waals surface area contributed by atoms with Crippen LogP contribution in [-0.2, 0) is 4.74 Å². The summed E-state index contributed by atoms with van der Waals surface area (Å²) in [6.07, 6.45) is 0. The van der Waals surface area contributed by atoms with E-state index in [1.165, 1.54) is 7.11 Å². The van der Waals surface area contributed by atoms with Crippen LogP contribution in [0.3, 0.4) is 0 Å². The smallest absolute Gasteiger partial charge is 0.170 e. The monoisotopic (exact) mass is 256 g/mol. The van der Waals surface area contributed by atoms with Crippen molar-refractivity contribution in [3.05, 3.63) is 18.2 Å². The third-order valence-electron chi connectivity index (χ3n) is 2.03. The first-order chi connectivity index (χ1) is 8.17. The minimum Gasteiger partial charge on any atom is -0.504 e. The van der Waals surface area contributed by atoms with Gasteiger partial charge in [-0.05, 0) is 24.4 Å². The van der Waals surface area contributed by atoms with E-state index >= 15 is 0 Å². The van der Waals surface area contributed by atoms with Gasteiger partial charge in [0.2, 0.25) is 0 Å². The summed E-state index contributed by atoms with van der Waals surface area (Å²) in [5, 5.41) is 16.0. The molecule has 0 aromatic heterocycles. The lowest BCUT2D eigenvalue weighted by atomic mass is 10.3. The van der Waals surface area contributed by atoms with Crippen molar-refractivity contribution in [3.63, 3.8) is 0 Å². The Hall–Kier alpha value is -1.53. The molecular formula is C11H16N2O3S. The number of phenolic OH excluding ortho intramolecular Hbond substituents is 1. The van der Waals surface area contributed by atoms with Gasteiger partial charge in [0.15, 0.2) is 16.6 Å². The van der Waals surface area contributed by atoms with E-state index in [1.807, 2.05) is 0 Å². The number of rotatable bonds is 5. The Morgan fingerprint density at radius 2 is 2.18 bits per heavy atom. The van der Waals surface area contributed by atoms with Gasteiger partial charge in [0.25, 0.3) is 0 Å². The minimum atomic E-state index is 0.0668. The van der Waals surface area contributed by atoms with E-state index in [-0.39, 0.29) is 5.75 Å². The summed E-state index contributed by atoms with van der Waals surface area (Å²) < 4.78 is 9.83. The molecule has 0 radical (unpaired) electrons. The van der Waals surface area contributed by atoms with Crippen LogP contribution >= 0.6 is 12.2 Å². The molecule has 0 saturated carbocycles. The number of phenols is 1. The average Bonchev–Trinajstić information content (AvgIpc) is 2.29. The lowest BCUT2D eigenvalue weighted by Gasteiger charge is -2.11. The van der Waals surface area contributed by atoms with Crippen LogP contribution in [0.15, 0.2) is 18.2 Å². The summed E-state index contributed by atoms with van der Waals surface area (Å²) in [6.45, 7) is 1.21. The Balaban J connectivity index is 2.51. The zero-order valence-corrected chi connectivity index (χ0v) is 10.6. The van der Waals surface area contributed by atoms with Gasteiger partial charge in [-0.25, -0.2) is 0 Å². The molecule has 6 heteroatoms. The summed E-state index contributed by atoms with van der Waals surface area (Å²) in [4.78, 5) is 0. The Morgan fingerprint density at radius 3 is 2.76 bits per heavy atom. The molecule has 0 amide bonds. The SMILES string of the molecule is COCCNC(=S)Nc1ccc(OC)c(O)c1. The molecule has 94 valence electrons. The summed E-state index contributed by atoms with van der Waals surface area (Å²) in [5.41, 5.74) is 0.693. The lowest BCUT2D eigenvalue weighted by Crippen LogP contribution is -2.31. The second-order valence-corrected chi connectivity index (χ2v) is 3.67. The van der Waals surface area contributed by atoms with Crippen LogP contribution in [0, 0.1) is 0 Å². The minimum absolute atomic E-state index is 0.0668. The average molecular weight is 256 g/mol. The van der Waals surface area contributed by atoms with Crippen LogP contribution in [0.5, 0.6) is 11.5 Å². The number of hydrogen-bond acceptors (Lipinski definition) is 4. The van der Waals surface area contributed by atoms with Crippen molar-refractivity contribution in [2.75, 3.05) is 32.7 Å². The van der Waals surface area contributed by atoms with Gasteiger partial charge < -0.3 is 25.2 Å². The fraction of sp³-hybridized carbons (Fsp3) is 0.364. The van der Waals surface area contributed by atoms with Crippen molar-refractivity contribution in [1.29, 1.82) is 0 Å². The Morgan fingerprint density at radius 1 is 1.41 bits per heavy atom. The molecule has 0 saturated heterocycles. The maximum absolute atomic E-state index is 9.57. The molecular weight excluding hydrogens is 240 g/mol. The Kier molecular flexibility index (Phi) is 5.51. The molecule has 17 heavy (non-hydrogen) atoms. The molecule has 0 aliphatic rings. The van der Waals surface area contributed by atoms with Crippen molar-refractivity contribution in [1.82, 2.24) is 5.32 Å². The molecule has 1 rings (SSSR count). The molecule has 3 N–H and O–H groups in total. The van der Waals surface area contributed by atoms with E-state index in [4.69, 9.17) is 21.7 Å².